The van der Waals surface area contributed by atoms with E-state index >= 15 is 0 Å². The van der Waals surface area contributed by atoms with Crippen molar-refractivity contribution in [1.29, 1.82) is 0 Å². The first-order valence-corrected chi connectivity index (χ1v) is 10.2. The minimum atomic E-state index is -0.907. The van der Waals surface area contributed by atoms with Crippen molar-refractivity contribution in [2.24, 2.45) is 0 Å². The van der Waals surface area contributed by atoms with Crippen LogP contribution in [-0.2, 0) is 12.4 Å². The molecule has 0 saturated heterocycles. The summed E-state index contributed by atoms with van der Waals surface area (Å²) in [5.41, 5.74) is 3.23. The number of hydrogen-bond acceptors (Lipinski definition) is 4. The van der Waals surface area contributed by atoms with Crippen molar-refractivity contribution in [3.8, 4) is 5.75 Å². The molecule has 144 valence electrons. The molecule has 5 heteroatoms. The van der Waals surface area contributed by atoms with Crippen LogP contribution in [0.4, 0.5) is 0 Å². The van der Waals surface area contributed by atoms with Crippen LogP contribution < -0.4 is 4.74 Å². The van der Waals surface area contributed by atoms with Crippen molar-refractivity contribution in [3.05, 3.63) is 102 Å². The van der Waals surface area contributed by atoms with Gasteiger partial charge in [0.15, 0.2) is 0 Å². The van der Waals surface area contributed by atoms with E-state index in [0.29, 0.717) is 12.2 Å². The maximum absolute atomic E-state index is 10.9. The van der Waals surface area contributed by atoms with Gasteiger partial charge in [-0.05, 0) is 48.0 Å². The number of para-hydroxylation sites is 1. The predicted molar refractivity (Wildman–Crippen MR) is 115 cm³/mol. The average molecular weight is 401 g/mol. The van der Waals surface area contributed by atoms with E-state index in [1.807, 2.05) is 66.7 Å². The maximum Gasteiger partial charge on any atom is 0.335 e. The molecule has 29 heavy (non-hydrogen) atoms. The second-order valence-electron chi connectivity index (χ2n) is 6.55. The molecule has 0 aliphatic rings. The number of carboxylic acids is 1. The number of aromatic nitrogens is 1. The van der Waals surface area contributed by atoms with Gasteiger partial charge in [0.25, 0.3) is 0 Å². The van der Waals surface area contributed by atoms with Gasteiger partial charge in [0, 0.05) is 16.0 Å². The Labute approximate surface area is 173 Å². The molecule has 0 saturated carbocycles. The first-order chi connectivity index (χ1) is 14.2. The zero-order valence-corrected chi connectivity index (χ0v) is 16.4. The molecule has 0 radical (unpaired) electrons. The first-order valence-electron chi connectivity index (χ1n) is 9.20. The van der Waals surface area contributed by atoms with Gasteiger partial charge in [-0.2, -0.15) is 0 Å². The lowest BCUT2D eigenvalue weighted by Crippen LogP contribution is -1.98. The second kappa shape index (κ2) is 8.80. The van der Waals surface area contributed by atoms with Crippen LogP contribution in [0.3, 0.4) is 0 Å². The largest absolute Gasteiger partial charge is 0.487 e. The highest BCUT2D eigenvalue weighted by atomic mass is 32.2. The van der Waals surface area contributed by atoms with Gasteiger partial charge in [0.05, 0.1) is 16.8 Å². The Kier molecular flexibility index (Phi) is 5.77. The van der Waals surface area contributed by atoms with E-state index < -0.39 is 5.97 Å². The molecule has 0 atom stereocenters. The Morgan fingerprint density at radius 2 is 1.76 bits per heavy atom. The summed E-state index contributed by atoms with van der Waals surface area (Å²) in [7, 11) is 0. The zero-order valence-electron chi connectivity index (χ0n) is 15.6. The SMILES string of the molecule is O=C(O)c1ccc(CSc2cccc(OCc3ccc4ccccc4n3)c2)cc1. The minimum absolute atomic E-state index is 0.302. The Bertz CT molecular complexity index is 1140. The van der Waals surface area contributed by atoms with Crippen LogP contribution >= 0.6 is 11.8 Å². The third-order valence-electron chi connectivity index (χ3n) is 4.45. The second-order valence-corrected chi connectivity index (χ2v) is 7.60. The van der Waals surface area contributed by atoms with E-state index in [4.69, 9.17) is 9.84 Å². The molecular weight excluding hydrogens is 382 g/mol. The summed E-state index contributed by atoms with van der Waals surface area (Å²) in [6.45, 7) is 0.412. The zero-order chi connectivity index (χ0) is 20.1. The van der Waals surface area contributed by atoms with Gasteiger partial charge in [0.2, 0.25) is 0 Å². The van der Waals surface area contributed by atoms with Crippen molar-refractivity contribution in [1.82, 2.24) is 4.98 Å². The van der Waals surface area contributed by atoms with Gasteiger partial charge in [-0.3, -0.25) is 0 Å². The number of rotatable bonds is 7. The number of ether oxygens (including phenoxy) is 1. The van der Waals surface area contributed by atoms with Gasteiger partial charge < -0.3 is 9.84 Å². The molecular formula is C24H19NO3S. The number of nitrogens with zero attached hydrogens (tertiary/aromatic N) is 1. The number of benzene rings is 3. The molecule has 0 amide bonds. The van der Waals surface area contributed by atoms with Crippen LogP contribution in [0, 0.1) is 0 Å². The Morgan fingerprint density at radius 3 is 2.59 bits per heavy atom. The summed E-state index contributed by atoms with van der Waals surface area (Å²) in [6, 6.07) is 27.0. The van der Waals surface area contributed by atoms with Gasteiger partial charge in [-0.1, -0.05) is 42.5 Å². The summed E-state index contributed by atoms with van der Waals surface area (Å²) in [5.74, 6) is 0.649. The Hall–Kier alpha value is -3.31. The molecule has 1 heterocycles. The van der Waals surface area contributed by atoms with Crippen molar-refractivity contribution < 1.29 is 14.6 Å². The summed E-state index contributed by atoms with van der Waals surface area (Å²) in [5, 5.41) is 10.1. The highest BCUT2D eigenvalue weighted by Gasteiger charge is 2.04. The molecule has 0 aliphatic heterocycles. The van der Waals surface area contributed by atoms with Crippen LogP contribution in [0.1, 0.15) is 21.6 Å². The summed E-state index contributed by atoms with van der Waals surface area (Å²) in [6.07, 6.45) is 0. The lowest BCUT2D eigenvalue weighted by molar-refractivity contribution is 0.0697. The van der Waals surface area contributed by atoms with Crippen LogP contribution in [0.15, 0.2) is 89.8 Å². The van der Waals surface area contributed by atoms with Gasteiger partial charge in [-0.25, -0.2) is 9.78 Å². The Morgan fingerprint density at radius 1 is 0.931 bits per heavy atom. The van der Waals surface area contributed by atoms with Crippen LogP contribution in [0.25, 0.3) is 10.9 Å². The van der Waals surface area contributed by atoms with Crippen LogP contribution in [0.2, 0.25) is 0 Å². The molecule has 1 N–H and O–H groups in total. The van der Waals surface area contributed by atoms with E-state index in [9.17, 15) is 4.79 Å². The molecule has 0 unspecified atom stereocenters. The van der Waals surface area contributed by atoms with Crippen LogP contribution in [0.5, 0.6) is 5.75 Å². The third kappa shape index (κ3) is 4.95. The Balaban J connectivity index is 1.37. The molecule has 4 rings (SSSR count). The van der Waals surface area contributed by atoms with E-state index in [1.165, 1.54) is 0 Å². The molecule has 3 aromatic carbocycles. The standard InChI is InChI=1S/C24H19NO3S/c26-24(27)19-10-8-17(9-11-19)16-29-22-6-3-5-21(14-22)28-15-20-13-12-18-4-1-2-7-23(18)25-20/h1-14H,15-16H2,(H,26,27). The highest BCUT2D eigenvalue weighted by molar-refractivity contribution is 7.98. The van der Waals surface area contributed by atoms with Crippen molar-refractivity contribution in [2.45, 2.75) is 17.3 Å². The smallest absolute Gasteiger partial charge is 0.335 e. The lowest BCUT2D eigenvalue weighted by Gasteiger charge is -2.09. The topological polar surface area (TPSA) is 59.4 Å². The number of aromatic carboxylic acids is 1. The molecule has 0 spiro atoms. The third-order valence-corrected chi connectivity index (χ3v) is 5.52. The van der Waals surface area contributed by atoms with Crippen molar-refractivity contribution in [3.63, 3.8) is 0 Å². The number of pyridine rings is 1. The van der Waals surface area contributed by atoms with E-state index in [2.05, 4.69) is 11.1 Å². The molecule has 4 nitrogen and oxygen atoms in total. The van der Waals surface area contributed by atoms with Crippen LogP contribution in [-0.4, -0.2) is 16.1 Å². The number of carbonyl (C=O) groups is 1. The molecule has 0 bridgehead atoms. The first kappa shape index (κ1) is 19.0. The summed E-state index contributed by atoms with van der Waals surface area (Å²) >= 11 is 1.68. The van der Waals surface area contributed by atoms with Gasteiger partial charge in [-0.15, -0.1) is 11.8 Å². The van der Waals surface area contributed by atoms with Gasteiger partial charge in [0.1, 0.15) is 12.4 Å². The fourth-order valence-corrected chi connectivity index (χ4v) is 3.81. The molecule has 0 aliphatic carbocycles. The molecule has 4 aromatic rings. The number of hydrogen-bond donors (Lipinski definition) is 1. The number of carboxylic acid groups (broad SMARTS) is 1. The lowest BCUT2D eigenvalue weighted by atomic mass is 10.1. The maximum atomic E-state index is 10.9. The number of thioether (sulfide) groups is 1. The van der Waals surface area contributed by atoms with Gasteiger partial charge >= 0.3 is 5.97 Å². The monoisotopic (exact) mass is 401 g/mol. The fourth-order valence-electron chi connectivity index (χ4n) is 2.91. The highest BCUT2D eigenvalue weighted by Crippen LogP contribution is 2.27. The number of fused-ring (bicyclic) bond motifs is 1. The van der Waals surface area contributed by atoms with Crippen molar-refractivity contribution in [2.75, 3.05) is 0 Å². The van der Waals surface area contributed by atoms with E-state index in [1.54, 1.807) is 23.9 Å². The van der Waals surface area contributed by atoms with E-state index in [0.717, 1.165) is 38.6 Å². The normalized spacial score (nSPS) is 10.8. The van der Waals surface area contributed by atoms with E-state index in [-0.39, 0.29) is 0 Å². The summed E-state index contributed by atoms with van der Waals surface area (Å²) < 4.78 is 5.93. The molecule has 0 fully saturated rings. The average Bonchev–Trinajstić information content (AvgIpc) is 2.77. The van der Waals surface area contributed by atoms with Crippen molar-refractivity contribution >= 4 is 28.6 Å². The summed E-state index contributed by atoms with van der Waals surface area (Å²) in [4.78, 5) is 16.7. The predicted octanol–water partition coefficient (Wildman–Crippen LogP) is 5.80. The quantitative estimate of drug-likeness (QED) is 0.396. The minimum Gasteiger partial charge on any atom is -0.487 e. The fraction of sp³-hybridized carbons (Fsp3) is 0.0833. The molecule has 1 aromatic heterocycles.